The number of hydrogen-bond acceptors (Lipinski definition) is 3. The Hall–Kier alpha value is -1.95. The van der Waals surface area contributed by atoms with Crippen LogP contribution in [0.2, 0.25) is 0 Å². The number of amides is 1. The molecule has 0 aliphatic rings. The van der Waals surface area contributed by atoms with Crippen LogP contribution in [-0.2, 0) is 6.42 Å². The van der Waals surface area contributed by atoms with E-state index < -0.39 is 23.2 Å². The number of carbonyl (C=O) groups excluding carboxylic acids is 1. The summed E-state index contributed by atoms with van der Waals surface area (Å²) >= 11 is 1.58. The van der Waals surface area contributed by atoms with Crippen molar-refractivity contribution < 1.29 is 13.6 Å². The Morgan fingerprint density at radius 1 is 1.40 bits per heavy atom. The summed E-state index contributed by atoms with van der Waals surface area (Å²) in [6.07, 6.45) is 0.662. The second-order valence-electron chi connectivity index (χ2n) is 4.56. The van der Waals surface area contributed by atoms with E-state index in [4.69, 9.17) is 5.73 Å². The van der Waals surface area contributed by atoms with Gasteiger partial charge in [0.2, 0.25) is 0 Å². The number of rotatable bonds is 4. The van der Waals surface area contributed by atoms with Gasteiger partial charge in [-0.15, -0.1) is 0 Å². The van der Waals surface area contributed by atoms with E-state index in [0.29, 0.717) is 6.42 Å². The van der Waals surface area contributed by atoms with Gasteiger partial charge in [-0.05, 0) is 47.9 Å². The van der Waals surface area contributed by atoms with Crippen molar-refractivity contribution in [3.63, 3.8) is 0 Å². The zero-order chi connectivity index (χ0) is 14.7. The molecular weight excluding hydrogens is 282 g/mol. The normalized spacial score (nSPS) is 12.2. The number of hydrogen-bond donors (Lipinski definition) is 2. The molecule has 1 aromatic carbocycles. The summed E-state index contributed by atoms with van der Waals surface area (Å²) in [5.74, 6) is -2.38. The zero-order valence-corrected chi connectivity index (χ0v) is 11.6. The first kappa shape index (κ1) is 14.5. The summed E-state index contributed by atoms with van der Waals surface area (Å²) < 4.78 is 26.6. The monoisotopic (exact) mass is 296 g/mol. The molecule has 3 nitrogen and oxygen atoms in total. The zero-order valence-electron chi connectivity index (χ0n) is 10.8. The molecule has 0 radical (unpaired) electrons. The Morgan fingerprint density at radius 2 is 2.05 bits per heavy atom. The molecule has 1 atom stereocenters. The van der Waals surface area contributed by atoms with Gasteiger partial charge in [0.05, 0.1) is 0 Å². The number of nitrogens with one attached hydrogen (secondary N) is 1. The van der Waals surface area contributed by atoms with E-state index in [0.717, 1.165) is 17.7 Å². The van der Waals surface area contributed by atoms with Crippen LogP contribution >= 0.6 is 11.3 Å². The molecule has 0 saturated carbocycles. The van der Waals surface area contributed by atoms with Crippen molar-refractivity contribution in [1.29, 1.82) is 0 Å². The number of nitrogen functional groups attached to an aromatic ring is 1. The molecule has 106 valence electrons. The fraction of sp³-hybridized carbons (Fsp3) is 0.214. The van der Waals surface area contributed by atoms with Gasteiger partial charge < -0.3 is 11.1 Å². The largest absolute Gasteiger partial charge is 0.394 e. The maximum Gasteiger partial charge on any atom is 0.251 e. The fourth-order valence-electron chi connectivity index (χ4n) is 1.84. The summed E-state index contributed by atoms with van der Waals surface area (Å²) in [4.78, 5) is 11.9. The van der Waals surface area contributed by atoms with Crippen molar-refractivity contribution in [2.75, 3.05) is 5.73 Å². The van der Waals surface area contributed by atoms with E-state index in [-0.39, 0.29) is 11.6 Å². The highest BCUT2D eigenvalue weighted by atomic mass is 32.1. The third kappa shape index (κ3) is 3.33. The number of thiophene rings is 1. The van der Waals surface area contributed by atoms with E-state index in [1.807, 2.05) is 23.8 Å². The van der Waals surface area contributed by atoms with Crippen molar-refractivity contribution in [2.45, 2.75) is 19.4 Å². The summed E-state index contributed by atoms with van der Waals surface area (Å²) in [5, 5.41) is 6.64. The first-order valence-electron chi connectivity index (χ1n) is 6.04. The summed E-state index contributed by atoms with van der Waals surface area (Å²) in [7, 11) is 0. The lowest BCUT2D eigenvalue weighted by atomic mass is 10.1. The quantitative estimate of drug-likeness (QED) is 0.852. The van der Waals surface area contributed by atoms with Gasteiger partial charge in [-0.3, -0.25) is 4.79 Å². The van der Waals surface area contributed by atoms with Crippen LogP contribution < -0.4 is 11.1 Å². The van der Waals surface area contributed by atoms with Crippen molar-refractivity contribution in [1.82, 2.24) is 5.32 Å². The Kier molecular flexibility index (Phi) is 4.34. The molecule has 0 bridgehead atoms. The molecule has 20 heavy (non-hydrogen) atoms. The third-order valence-electron chi connectivity index (χ3n) is 2.84. The third-order valence-corrected chi connectivity index (χ3v) is 3.57. The molecule has 0 saturated heterocycles. The Morgan fingerprint density at radius 3 is 2.60 bits per heavy atom. The fourth-order valence-corrected chi connectivity index (χ4v) is 2.52. The van der Waals surface area contributed by atoms with Gasteiger partial charge in [0, 0.05) is 11.6 Å². The Labute approximate surface area is 119 Å². The molecule has 1 heterocycles. The van der Waals surface area contributed by atoms with Gasteiger partial charge in [-0.25, -0.2) is 8.78 Å². The molecule has 6 heteroatoms. The lowest BCUT2D eigenvalue weighted by molar-refractivity contribution is 0.0939. The second-order valence-corrected chi connectivity index (χ2v) is 5.34. The molecule has 0 aliphatic heterocycles. The van der Waals surface area contributed by atoms with E-state index >= 15 is 0 Å². The predicted octanol–water partition coefficient (Wildman–Crippen LogP) is 2.97. The number of carbonyl (C=O) groups is 1. The van der Waals surface area contributed by atoms with Crippen molar-refractivity contribution >= 4 is 22.9 Å². The number of anilines is 1. The SMILES string of the molecule is CC(Cc1ccsc1)NC(=O)c1cc(F)c(N)c(F)c1. The maximum atomic E-state index is 13.3. The summed E-state index contributed by atoms with van der Waals surface area (Å²) in [6, 6.07) is 3.70. The highest BCUT2D eigenvalue weighted by molar-refractivity contribution is 7.07. The Balaban J connectivity index is 2.04. The van der Waals surface area contributed by atoms with Gasteiger partial charge in [0.1, 0.15) is 17.3 Å². The topological polar surface area (TPSA) is 55.1 Å². The minimum atomic E-state index is -0.930. The van der Waals surface area contributed by atoms with Crippen LogP contribution in [0.4, 0.5) is 14.5 Å². The average molecular weight is 296 g/mol. The van der Waals surface area contributed by atoms with E-state index in [1.54, 1.807) is 11.3 Å². The van der Waals surface area contributed by atoms with E-state index in [1.165, 1.54) is 0 Å². The lowest BCUT2D eigenvalue weighted by Gasteiger charge is -2.13. The van der Waals surface area contributed by atoms with Crippen molar-refractivity contribution in [2.24, 2.45) is 0 Å². The van der Waals surface area contributed by atoms with Crippen LogP contribution in [0.1, 0.15) is 22.8 Å². The predicted molar refractivity (Wildman–Crippen MR) is 75.7 cm³/mol. The minimum Gasteiger partial charge on any atom is -0.394 e. The molecule has 0 fully saturated rings. The highest BCUT2D eigenvalue weighted by Crippen LogP contribution is 2.17. The second kappa shape index (κ2) is 6.00. The van der Waals surface area contributed by atoms with E-state index in [2.05, 4.69) is 5.32 Å². The van der Waals surface area contributed by atoms with Gasteiger partial charge >= 0.3 is 0 Å². The van der Waals surface area contributed by atoms with Crippen LogP contribution in [-0.4, -0.2) is 11.9 Å². The number of nitrogens with two attached hydrogens (primary N) is 1. The first-order valence-corrected chi connectivity index (χ1v) is 6.98. The average Bonchev–Trinajstić information content (AvgIpc) is 2.87. The van der Waals surface area contributed by atoms with Gasteiger partial charge in [-0.2, -0.15) is 11.3 Å². The lowest BCUT2D eigenvalue weighted by Crippen LogP contribution is -2.34. The summed E-state index contributed by atoms with van der Waals surface area (Å²) in [5.41, 5.74) is 5.62. The van der Waals surface area contributed by atoms with Crippen LogP contribution in [0, 0.1) is 11.6 Å². The molecule has 1 amide bonds. The van der Waals surface area contributed by atoms with Gasteiger partial charge in [0.15, 0.2) is 0 Å². The number of halogens is 2. The van der Waals surface area contributed by atoms with Crippen molar-refractivity contribution in [3.05, 3.63) is 51.7 Å². The van der Waals surface area contributed by atoms with Crippen LogP contribution in [0.3, 0.4) is 0 Å². The minimum absolute atomic E-state index is 0.0774. The Bertz CT molecular complexity index is 591. The molecule has 3 N–H and O–H groups in total. The van der Waals surface area contributed by atoms with Gasteiger partial charge in [0.25, 0.3) is 5.91 Å². The maximum absolute atomic E-state index is 13.3. The number of benzene rings is 1. The molecule has 2 rings (SSSR count). The highest BCUT2D eigenvalue weighted by Gasteiger charge is 2.15. The first-order chi connectivity index (χ1) is 9.47. The summed E-state index contributed by atoms with van der Waals surface area (Å²) in [6.45, 7) is 1.83. The standard InChI is InChI=1S/C14H14F2N2OS/c1-8(4-9-2-3-20-7-9)18-14(19)10-5-11(15)13(17)12(16)6-10/h2-3,5-8H,4,17H2,1H3,(H,18,19). The molecule has 2 aromatic rings. The molecule has 0 spiro atoms. The molecule has 0 aliphatic carbocycles. The molecule has 1 aromatic heterocycles. The van der Waals surface area contributed by atoms with Gasteiger partial charge in [-0.1, -0.05) is 0 Å². The van der Waals surface area contributed by atoms with Crippen LogP contribution in [0.25, 0.3) is 0 Å². The van der Waals surface area contributed by atoms with Crippen LogP contribution in [0.15, 0.2) is 29.0 Å². The van der Waals surface area contributed by atoms with E-state index in [9.17, 15) is 13.6 Å². The smallest absolute Gasteiger partial charge is 0.251 e. The van der Waals surface area contributed by atoms with Crippen molar-refractivity contribution in [3.8, 4) is 0 Å². The molecular formula is C14H14F2N2OS. The molecule has 1 unspecified atom stereocenters. The van der Waals surface area contributed by atoms with Crippen LogP contribution in [0.5, 0.6) is 0 Å².